The fourth-order valence-corrected chi connectivity index (χ4v) is 3.48. The molecular formula is C14H27NO3. The maximum Gasteiger partial charge on any atom is 0.0897 e. The van der Waals surface area contributed by atoms with Crippen molar-refractivity contribution in [1.82, 2.24) is 5.32 Å². The van der Waals surface area contributed by atoms with E-state index in [4.69, 9.17) is 9.47 Å². The van der Waals surface area contributed by atoms with Crippen LogP contribution in [0, 0.1) is 17.8 Å². The van der Waals surface area contributed by atoms with Crippen LogP contribution < -0.4 is 5.32 Å². The van der Waals surface area contributed by atoms with Gasteiger partial charge >= 0.3 is 0 Å². The molecule has 2 aliphatic carbocycles. The van der Waals surface area contributed by atoms with E-state index in [2.05, 4.69) is 5.32 Å². The summed E-state index contributed by atoms with van der Waals surface area (Å²) in [6.45, 7) is 3.25. The van der Waals surface area contributed by atoms with Crippen molar-refractivity contribution in [3.8, 4) is 0 Å². The lowest BCUT2D eigenvalue weighted by Crippen LogP contribution is -2.35. The fourth-order valence-electron chi connectivity index (χ4n) is 3.48. The quantitative estimate of drug-likeness (QED) is 0.606. The number of aliphatic hydroxyl groups is 1. The maximum absolute atomic E-state index is 9.73. The van der Waals surface area contributed by atoms with Crippen LogP contribution in [0.5, 0.6) is 0 Å². The van der Waals surface area contributed by atoms with Crippen molar-refractivity contribution in [3.63, 3.8) is 0 Å². The van der Waals surface area contributed by atoms with Crippen molar-refractivity contribution in [2.45, 2.75) is 31.8 Å². The largest absolute Gasteiger partial charge is 0.389 e. The molecule has 2 aliphatic rings. The maximum atomic E-state index is 9.73. The third-order valence-corrected chi connectivity index (χ3v) is 4.41. The Morgan fingerprint density at radius 1 is 1.28 bits per heavy atom. The molecule has 2 N–H and O–H groups in total. The molecule has 4 atom stereocenters. The molecule has 0 aromatic heterocycles. The van der Waals surface area contributed by atoms with Crippen LogP contribution in [0.1, 0.15) is 25.7 Å². The zero-order valence-corrected chi connectivity index (χ0v) is 11.4. The molecule has 4 heteroatoms. The average molecular weight is 257 g/mol. The van der Waals surface area contributed by atoms with Gasteiger partial charge in [0, 0.05) is 13.7 Å². The molecule has 0 saturated heterocycles. The molecule has 0 amide bonds. The third kappa shape index (κ3) is 4.19. The highest BCUT2D eigenvalue weighted by atomic mass is 16.5. The van der Waals surface area contributed by atoms with Gasteiger partial charge in [0.2, 0.25) is 0 Å². The molecule has 4 nitrogen and oxygen atoms in total. The molecule has 0 aromatic carbocycles. The Labute approximate surface area is 110 Å². The van der Waals surface area contributed by atoms with E-state index < -0.39 is 6.10 Å². The summed E-state index contributed by atoms with van der Waals surface area (Å²) in [5, 5.41) is 13.1. The first-order chi connectivity index (χ1) is 8.79. The summed E-state index contributed by atoms with van der Waals surface area (Å²) in [7, 11) is 1.65. The van der Waals surface area contributed by atoms with Gasteiger partial charge in [-0.3, -0.25) is 0 Å². The highest BCUT2D eigenvalue weighted by Gasteiger charge is 2.38. The minimum Gasteiger partial charge on any atom is -0.389 e. The van der Waals surface area contributed by atoms with Crippen molar-refractivity contribution >= 4 is 0 Å². The van der Waals surface area contributed by atoms with Crippen LogP contribution in [0.4, 0.5) is 0 Å². The second-order valence-corrected chi connectivity index (χ2v) is 5.81. The summed E-state index contributed by atoms with van der Waals surface area (Å²) in [5.41, 5.74) is 0. The Hall–Kier alpha value is -0.160. The number of hydrogen-bond acceptors (Lipinski definition) is 4. The Balaban J connectivity index is 1.47. The van der Waals surface area contributed by atoms with Crippen LogP contribution >= 0.6 is 0 Å². The van der Waals surface area contributed by atoms with Crippen LogP contribution in [-0.4, -0.2) is 51.2 Å². The van der Waals surface area contributed by atoms with E-state index in [1.54, 1.807) is 7.11 Å². The smallest absolute Gasteiger partial charge is 0.0897 e. The van der Waals surface area contributed by atoms with E-state index in [0.29, 0.717) is 26.4 Å². The third-order valence-electron chi connectivity index (χ3n) is 4.41. The number of fused-ring (bicyclic) bond motifs is 2. The lowest BCUT2D eigenvalue weighted by molar-refractivity contribution is 0.0134. The van der Waals surface area contributed by atoms with Gasteiger partial charge in [0.15, 0.2) is 0 Å². The molecule has 18 heavy (non-hydrogen) atoms. The Bertz CT molecular complexity index is 237. The number of hydrogen-bond donors (Lipinski definition) is 2. The van der Waals surface area contributed by atoms with Gasteiger partial charge in [-0.2, -0.15) is 0 Å². The van der Waals surface area contributed by atoms with Crippen LogP contribution in [0.25, 0.3) is 0 Å². The van der Waals surface area contributed by atoms with Gasteiger partial charge in [0.05, 0.1) is 25.9 Å². The van der Waals surface area contributed by atoms with Gasteiger partial charge in [-0.25, -0.2) is 0 Å². The number of aliphatic hydroxyl groups excluding tert-OH is 1. The molecule has 2 saturated carbocycles. The first kappa shape index (κ1) is 14.3. The van der Waals surface area contributed by atoms with E-state index in [9.17, 15) is 5.11 Å². The molecule has 2 fully saturated rings. The number of rotatable bonds is 9. The molecule has 0 radical (unpaired) electrons. The van der Waals surface area contributed by atoms with Gasteiger partial charge in [-0.05, 0) is 43.6 Å². The Kier molecular flexibility index (Phi) is 5.89. The highest BCUT2D eigenvalue weighted by molar-refractivity contribution is 4.90. The van der Waals surface area contributed by atoms with E-state index in [1.165, 1.54) is 25.7 Å². The summed E-state index contributed by atoms with van der Waals surface area (Å²) >= 11 is 0. The normalized spacial score (nSPS) is 32.0. The average Bonchev–Trinajstić information content (AvgIpc) is 2.97. The zero-order chi connectivity index (χ0) is 12.8. The molecule has 2 bridgehead atoms. The predicted molar refractivity (Wildman–Crippen MR) is 70.5 cm³/mol. The molecule has 4 unspecified atom stereocenters. The molecular weight excluding hydrogens is 230 g/mol. The van der Waals surface area contributed by atoms with Crippen molar-refractivity contribution in [2.75, 3.05) is 40.0 Å². The van der Waals surface area contributed by atoms with Gasteiger partial charge in [0.1, 0.15) is 0 Å². The predicted octanol–water partition coefficient (Wildman–Crippen LogP) is 1.04. The lowest BCUT2D eigenvalue weighted by atomic mass is 9.89. The second kappa shape index (κ2) is 7.43. The number of methoxy groups -OCH3 is 1. The zero-order valence-electron chi connectivity index (χ0n) is 11.4. The summed E-state index contributed by atoms with van der Waals surface area (Å²) < 4.78 is 10.2. The van der Waals surface area contributed by atoms with Gasteiger partial charge in [0.25, 0.3) is 0 Å². The molecule has 0 spiro atoms. The molecule has 2 rings (SSSR count). The van der Waals surface area contributed by atoms with Crippen LogP contribution in [0.15, 0.2) is 0 Å². The standard InChI is InChI=1S/C14H27NO3/c1-17-4-5-18-10-14(16)9-15-8-13-7-11-2-3-12(13)6-11/h11-16H,2-10H2,1H3. The summed E-state index contributed by atoms with van der Waals surface area (Å²) in [4.78, 5) is 0. The molecule has 0 aromatic rings. The van der Waals surface area contributed by atoms with Gasteiger partial charge in [-0.1, -0.05) is 6.42 Å². The first-order valence-electron chi connectivity index (χ1n) is 7.25. The minimum atomic E-state index is -0.402. The second-order valence-electron chi connectivity index (χ2n) is 5.81. The van der Waals surface area contributed by atoms with Gasteiger partial charge in [-0.15, -0.1) is 0 Å². The summed E-state index contributed by atoms with van der Waals surface area (Å²) in [5.74, 6) is 2.81. The monoisotopic (exact) mass is 257 g/mol. The summed E-state index contributed by atoms with van der Waals surface area (Å²) in [6, 6.07) is 0. The van der Waals surface area contributed by atoms with Crippen LogP contribution in [0.3, 0.4) is 0 Å². The highest BCUT2D eigenvalue weighted by Crippen LogP contribution is 2.47. The first-order valence-corrected chi connectivity index (χ1v) is 7.25. The van der Waals surface area contributed by atoms with Gasteiger partial charge < -0.3 is 19.9 Å². The van der Waals surface area contributed by atoms with Crippen molar-refractivity contribution in [2.24, 2.45) is 17.8 Å². The van der Waals surface area contributed by atoms with Crippen molar-refractivity contribution < 1.29 is 14.6 Å². The summed E-state index contributed by atoms with van der Waals surface area (Å²) in [6.07, 6.45) is 5.34. The lowest BCUT2D eigenvalue weighted by Gasteiger charge is -2.22. The number of ether oxygens (including phenoxy) is 2. The van der Waals surface area contributed by atoms with E-state index in [1.807, 2.05) is 0 Å². The minimum absolute atomic E-state index is 0.396. The van der Waals surface area contributed by atoms with Crippen molar-refractivity contribution in [1.29, 1.82) is 0 Å². The Morgan fingerprint density at radius 3 is 2.83 bits per heavy atom. The topological polar surface area (TPSA) is 50.7 Å². The Morgan fingerprint density at radius 2 is 2.17 bits per heavy atom. The van der Waals surface area contributed by atoms with Crippen LogP contribution in [0.2, 0.25) is 0 Å². The number of nitrogens with one attached hydrogen (secondary N) is 1. The SMILES string of the molecule is COCCOCC(O)CNCC1CC2CCC1C2. The van der Waals surface area contributed by atoms with Crippen LogP contribution in [-0.2, 0) is 9.47 Å². The van der Waals surface area contributed by atoms with Crippen molar-refractivity contribution in [3.05, 3.63) is 0 Å². The molecule has 106 valence electrons. The molecule has 0 aliphatic heterocycles. The van der Waals surface area contributed by atoms with E-state index >= 15 is 0 Å². The van der Waals surface area contributed by atoms with E-state index in [0.717, 1.165) is 24.3 Å². The van der Waals surface area contributed by atoms with E-state index in [-0.39, 0.29) is 0 Å². The fraction of sp³-hybridized carbons (Fsp3) is 1.00. The molecule has 0 heterocycles.